The maximum Gasteiger partial charge on any atom is 0.321 e. The van der Waals surface area contributed by atoms with Crippen molar-refractivity contribution < 1.29 is 19.4 Å². The second-order valence-electron chi connectivity index (χ2n) is 6.61. The van der Waals surface area contributed by atoms with Crippen molar-refractivity contribution in [1.29, 1.82) is 0 Å². The van der Waals surface area contributed by atoms with Gasteiger partial charge >= 0.3 is 11.9 Å². The van der Waals surface area contributed by atoms with Crippen LogP contribution in [0.5, 0.6) is 0 Å². The lowest BCUT2D eigenvalue weighted by Crippen LogP contribution is -2.39. The van der Waals surface area contributed by atoms with E-state index in [2.05, 4.69) is 0 Å². The molecular formula is C15H26O4. The Bertz CT molecular complexity index is 324. The largest absolute Gasteiger partial charge is 0.481 e. The van der Waals surface area contributed by atoms with Crippen LogP contribution in [0.4, 0.5) is 0 Å². The molecular weight excluding hydrogens is 244 g/mol. The summed E-state index contributed by atoms with van der Waals surface area (Å²) in [6.07, 6.45) is 5.53. The highest BCUT2D eigenvalue weighted by Crippen LogP contribution is 2.34. The second kappa shape index (κ2) is 6.40. The highest BCUT2D eigenvalue weighted by atomic mass is 16.6. The Labute approximate surface area is 115 Å². The van der Waals surface area contributed by atoms with Gasteiger partial charge in [0, 0.05) is 0 Å². The molecule has 110 valence electrons. The number of rotatable bonds is 4. The van der Waals surface area contributed by atoms with Crippen molar-refractivity contribution in [3.63, 3.8) is 0 Å². The van der Waals surface area contributed by atoms with Crippen molar-refractivity contribution >= 4 is 11.9 Å². The lowest BCUT2D eigenvalue weighted by molar-refractivity contribution is -0.170. The Kier molecular flexibility index (Phi) is 5.39. The smallest absolute Gasteiger partial charge is 0.321 e. The Hall–Kier alpha value is -1.06. The lowest BCUT2D eigenvalue weighted by Gasteiger charge is -2.32. The van der Waals surface area contributed by atoms with Crippen LogP contribution in [0, 0.1) is 17.8 Å². The van der Waals surface area contributed by atoms with Gasteiger partial charge in [0.15, 0.2) is 5.92 Å². The Balaban J connectivity index is 2.75. The van der Waals surface area contributed by atoms with Gasteiger partial charge in [-0.2, -0.15) is 0 Å². The van der Waals surface area contributed by atoms with Gasteiger partial charge in [0.25, 0.3) is 0 Å². The third-order valence-electron chi connectivity index (χ3n) is 3.85. The van der Waals surface area contributed by atoms with Crippen LogP contribution in [0.2, 0.25) is 0 Å². The van der Waals surface area contributed by atoms with E-state index in [1.54, 1.807) is 20.8 Å². The fourth-order valence-corrected chi connectivity index (χ4v) is 2.84. The van der Waals surface area contributed by atoms with Gasteiger partial charge in [-0.15, -0.1) is 0 Å². The quantitative estimate of drug-likeness (QED) is 0.629. The van der Waals surface area contributed by atoms with Crippen LogP contribution in [0.15, 0.2) is 0 Å². The molecule has 1 N–H and O–H groups in total. The molecule has 0 aromatic carbocycles. The molecule has 0 radical (unpaired) electrons. The summed E-state index contributed by atoms with van der Waals surface area (Å²) >= 11 is 0. The zero-order valence-electron chi connectivity index (χ0n) is 12.4. The van der Waals surface area contributed by atoms with Crippen molar-refractivity contribution in [1.82, 2.24) is 0 Å². The van der Waals surface area contributed by atoms with E-state index in [-0.39, 0.29) is 5.92 Å². The van der Waals surface area contributed by atoms with Crippen molar-refractivity contribution in [3.8, 4) is 0 Å². The molecule has 0 aromatic rings. The normalized spacial score (nSPS) is 20.6. The molecule has 0 spiro atoms. The van der Waals surface area contributed by atoms with Gasteiger partial charge in [0.1, 0.15) is 5.60 Å². The van der Waals surface area contributed by atoms with Gasteiger partial charge in [-0.3, -0.25) is 9.59 Å². The molecule has 19 heavy (non-hydrogen) atoms. The highest BCUT2D eigenvalue weighted by molar-refractivity contribution is 5.94. The molecule has 1 aliphatic carbocycles. The number of carbonyl (C=O) groups is 2. The molecule has 4 nitrogen and oxygen atoms in total. The summed E-state index contributed by atoms with van der Waals surface area (Å²) < 4.78 is 5.25. The molecule has 0 aromatic heterocycles. The third kappa shape index (κ3) is 4.84. The van der Waals surface area contributed by atoms with Gasteiger partial charge < -0.3 is 9.84 Å². The summed E-state index contributed by atoms with van der Waals surface area (Å²) in [5.74, 6) is -2.54. The molecule has 1 aliphatic rings. The molecule has 1 fully saturated rings. The number of hydrogen-bond donors (Lipinski definition) is 1. The zero-order chi connectivity index (χ0) is 14.6. The average molecular weight is 270 g/mol. The van der Waals surface area contributed by atoms with E-state index in [1.165, 1.54) is 6.42 Å². The van der Waals surface area contributed by atoms with Gasteiger partial charge in [-0.1, -0.05) is 39.0 Å². The first-order chi connectivity index (χ1) is 8.72. The van der Waals surface area contributed by atoms with E-state index < -0.39 is 23.5 Å². The molecule has 2 atom stereocenters. The first kappa shape index (κ1) is 16.0. The van der Waals surface area contributed by atoms with Crippen molar-refractivity contribution in [2.45, 2.75) is 65.4 Å². The van der Waals surface area contributed by atoms with E-state index >= 15 is 0 Å². The molecule has 1 saturated carbocycles. The van der Waals surface area contributed by atoms with Crippen LogP contribution in [-0.4, -0.2) is 22.6 Å². The van der Waals surface area contributed by atoms with Crippen molar-refractivity contribution in [3.05, 3.63) is 0 Å². The maximum atomic E-state index is 12.1. The molecule has 0 heterocycles. The molecule has 0 bridgehead atoms. The number of hydrogen-bond acceptors (Lipinski definition) is 3. The van der Waals surface area contributed by atoms with Gasteiger partial charge in [0.05, 0.1) is 0 Å². The van der Waals surface area contributed by atoms with Crippen molar-refractivity contribution in [2.24, 2.45) is 17.8 Å². The van der Waals surface area contributed by atoms with Crippen LogP contribution in [0.25, 0.3) is 0 Å². The van der Waals surface area contributed by atoms with Crippen LogP contribution < -0.4 is 0 Å². The van der Waals surface area contributed by atoms with Crippen molar-refractivity contribution in [2.75, 3.05) is 0 Å². The zero-order valence-corrected chi connectivity index (χ0v) is 12.4. The summed E-state index contributed by atoms with van der Waals surface area (Å²) in [6.45, 7) is 7.15. The SMILES string of the molecule is CC(C1CCCCC1)[C@H](C(=O)O)C(=O)OC(C)(C)C. The Morgan fingerprint density at radius 2 is 1.68 bits per heavy atom. The third-order valence-corrected chi connectivity index (χ3v) is 3.85. The summed E-state index contributed by atoms with van der Waals surface area (Å²) in [5.41, 5.74) is -0.642. The van der Waals surface area contributed by atoms with E-state index in [1.807, 2.05) is 6.92 Å². The van der Waals surface area contributed by atoms with Crippen LogP contribution in [0.1, 0.15) is 59.8 Å². The Morgan fingerprint density at radius 3 is 2.11 bits per heavy atom. The highest BCUT2D eigenvalue weighted by Gasteiger charge is 2.39. The summed E-state index contributed by atoms with van der Waals surface area (Å²) in [7, 11) is 0. The first-order valence-corrected chi connectivity index (χ1v) is 7.18. The van der Waals surface area contributed by atoms with E-state index in [4.69, 9.17) is 4.74 Å². The molecule has 0 saturated heterocycles. The van der Waals surface area contributed by atoms with Gasteiger partial charge in [0.2, 0.25) is 0 Å². The number of carboxylic acid groups (broad SMARTS) is 1. The summed E-state index contributed by atoms with van der Waals surface area (Å²) in [5, 5.41) is 9.34. The number of esters is 1. The minimum absolute atomic E-state index is 0.160. The molecule has 0 aliphatic heterocycles. The summed E-state index contributed by atoms with van der Waals surface area (Å²) in [6, 6.07) is 0. The predicted molar refractivity (Wildman–Crippen MR) is 72.7 cm³/mol. The van der Waals surface area contributed by atoms with Crippen LogP contribution in [0.3, 0.4) is 0 Å². The van der Waals surface area contributed by atoms with Gasteiger partial charge in [-0.25, -0.2) is 0 Å². The van der Waals surface area contributed by atoms with Gasteiger partial charge in [-0.05, 0) is 32.6 Å². The maximum absolute atomic E-state index is 12.1. The standard InChI is InChI=1S/C15H26O4/c1-10(11-8-6-5-7-9-11)12(13(16)17)14(18)19-15(2,3)4/h10-12H,5-9H2,1-4H3,(H,16,17)/t10?,12-/m1/s1. The molecule has 0 amide bonds. The lowest BCUT2D eigenvalue weighted by atomic mass is 9.75. The fraction of sp³-hybridized carbons (Fsp3) is 0.867. The minimum Gasteiger partial charge on any atom is -0.481 e. The van der Waals surface area contributed by atoms with E-state index in [0.717, 1.165) is 25.7 Å². The number of carboxylic acids is 1. The first-order valence-electron chi connectivity index (χ1n) is 7.18. The topological polar surface area (TPSA) is 63.6 Å². The Morgan fingerprint density at radius 1 is 1.16 bits per heavy atom. The fourth-order valence-electron chi connectivity index (χ4n) is 2.84. The van der Waals surface area contributed by atoms with E-state index in [9.17, 15) is 14.7 Å². The van der Waals surface area contributed by atoms with Crippen LogP contribution in [-0.2, 0) is 14.3 Å². The molecule has 1 rings (SSSR count). The van der Waals surface area contributed by atoms with Crippen LogP contribution >= 0.6 is 0 Å². The average Bonchev–Trinajstić information content (AvgIpc) is 2.27. The minimum atomic E-state index is -1.06. The van der Waals surface area contributed by atoms with E-state index in [0.29, 0.717) is 5.92 Å². The number of ether oxygens (including phenoxy) is 1. The summed E-state index contributed by atoms with van der Waals surface area (Å²) in [4.78, 5) is 23.5. The number of aliphatic carboxylic acids is 1. The molecule has 4 heteroatoms. The second-order valence-corrected chi connectivity index (χ2v) is 6.61. The monoisotopic (exact) mass is 270 g/mol. The predicted octanol–water partition coefficient (Wildman–Crippen LogP) is 3.25. The molecule has 1 unspecified atom stereocenters. The number of carbonyl (C=O) groups excluding carboxylic acids is 1.